The second kappa shape index (κ2) is 28.2. The zero-order chi connectivity index (χ0) is 37.5. The summed E-state index contributed by atoms with van der Waals surface area (Å²) in [6.45, 7) is 25.7. The Kier molecular flexibility index (Phi) is 31.9. The third kappa shape index (κ3) is 30.6. The van der Waals surface area contributed by atoms with Crippen LogP contribution in [0, 0.1) is 35.5 Å². The van der Waals surface area contributed by atoms with Crippen LogP contribution in [0.25, 0.3) is 0 Å². The van der Waals surface area contributed by atoms with E-state index >= 15 is 0 Å². The van der Waals surface area contributed by atoms with Crippen LogP contribution in [0.1, 0.15) is 115 Å². The summed E-state index contributed by atoms with van der Waals surface area (Å²) in [6.07, 6.45) is -1.69. The van der Waals surface area contributed by atoms with Crippen molar-refractivity contribution in [3.05, 3.63) is 0 Å². The lowest BCUT2D eigenvalue weighted by Gasteiger charge is -2.43. The molecule has 10 nitrogen and oxygen atoms in total. The fourth-order valence-corrected chi connectivity index (χ4v) is 4.57. The summed E-state index contributed by atoms with van der Waals surface area (Å²) < 4.78 is 1.10. The summed E-state index contributed by atoms with van der Waals surface area (Å²) in [4.78, 5) is 10.6. The molecule has 1 saturated carbocycles. The molecule has 0 saturated heterocycles. The molecule has 0 radical (unpaired) electrons. The Morgan fingerprint density at radius 2 is 1.04 bits per heavy atom. The second-order valence-corrected chi connectivity index (χ2v) is 16.0. The molecule has 5 unspecified atom stereocenters. The fraction of sp³-hybridized carbons (Fsp3) is 0.972. The number of nitrogens with zero attached hydrogens (tertiary/aromatic N) is 1. The number of carbonyl (C=O) groups excluding carboxylic acids is 1. The predicted octanol–water partition coefficient (Wildman–Crippen LogP) is 3.59. The number of hydrogen-bond acceptors (Lipinski definition) is 9. The lowest BCUT2D eigenvalue weighted by molar-refractivity contribution is -0.870. The van der Waals surface area contributed by atoms with Crippen molar-refractivity contribution in [2.45, 2.75) is 158 Å². The lowest BCUT2D eigenvalue weighted by Crippen LogP contribution is -2.62. The van der Waals surface area contributed by atoms with Crippen LogP contribution in [0.15, 0.2) is 0 Å². The Bertz CT molecular complexity index is 682. The van der Waals surface area contributed by atoms with E-state index in [0.29, 0.717) is 18.3 Å². The molecule has 0 spiro atoms. The molecular formula is C36H81N2O8+. The molecule has 0 aromatic heterocycles. The highest BCUT2D eigenvalue weighted by atomic mass is 16.4. The molecule has 282 valence electrons. The summed E-state index contributed by atoms with van der Waals surface area (Å²) in [5.41, 5.74) is 5.47. The summed E-state index contributed by atoms with van der Waals surface area (Å²) in [6, 6.07) is -0.245. The van der Waals surface area contributed by atoms with E-state index in [1.165, 1.54) is 32.7 Å². The zero-order valence-corrected chi connectivity index (χ0v) is 32.5. The highest BCUT2D eigenvalue weighted by molar-refractivity contribution is 5.81. The molecule has 9 N–H and O–H groups in total. The van der Waals surface area contributed by atoms with Crippen LogP contribution in [0.3, 0.4) is 0 Å². The van der Waals surface area contributed by atoms with Crippen molar-refractivity contribution in [2.75, 3.05) is 34.3 Å². The summed E-state index contributed by atoms with van der Waals surface area (Å²) in [5, 5.41) is 64.3. The van der Waals surface area contributed by atoms with Crippen LogP contribution in [0.2, 0.25) is 0 Å². The van der Waals surface area contributed by atoms with Gasteiger partial charge in [0, 0.05) is 5.92 Å². The molecule has 0 heterocycles. The summed E-state index contributed by atoms with van der Waals surface area (Å²) in [7, 11) is 6.72. The molecule has 0 bridgehead atoms. The van der Waals surface area contributed by atoms with Gasteiger partial charge in [0.2, 0.25) is 0 Å². The second-order valence-electron chi connectivity index (χ2n) is 16.0. The number of ketones is 1. The number of carbonyl (C=O) groups is 1. The van der Waals surface area contributed by atoms with Gasteiger partial charge in [0.25, 0.3) is 0 Å². The Morgan fingerprint density at radius 3 is 1.20 bits per heavy atom. The minimum atomic E-state index is -1.49. The third-order valence-electron chi connectivity index (χ3n) is 7.40. The summed E-state index contributed by atoms with van der Waals surface area (Å²) >= 11 is 0. The molecule has 1 aliphatic rings. The van der Waals surface area contributed by atoms with E-state index in [4.69, 9.17) is 15.9 Å². The van der Waals surface area contributed by atoms with Gasteiger partial charge in [-0.15, -0.1) is 0 Å². The Hall–Kier alpha value is -0.690. The molecule has 46 heavy (non-hydrogen) atoms. The molecule has 0 aromatic carbocycles. The van der Waals surface area contributed by atoms with Gasteiger partial charge in [0.1, 0.15) is 24.1 Å². The van der Waals surface area contributed by atoms with Crippen molar-refractivity contribution in [1.82, 2.24) is 0 Å². The van der Waals surface area contributed by atoms with E-state index in [1.54, 1.807) is 13.8 Å². The largest absolute Gasteiger partial charge is 0.394 e. The minimum Gasteiger partial charge on any atom is -0.394 e. The maximum atomic E-state index is 10.6. The van der Waals surface area contributed by atoms with Crippen molar-refractivity contribution in [3.8, 4) is 0 Å². The SMILES string of the molecule is CC(=O)[C@@H](N)CC(C)C.CC(C)C1C(O)C(O)C(O)C(O)C1O.CC(C)CC(O)CO.CC(C)CC[N+](C)(C)C.CCCC(C)C. The smallest absolute Gasteiger partial charge is 0.146 e. The maximum Gasteiger partial charge on any atom is 0.146 e. The van der Waals surface area contributed by atoms with Crippen LogP contribution in [-0.4, -0.2) is 123 Å². The summed E-state index contributed by atoms with van der Waals surface area (Å²) in [5.74, 6) is 2.11. The van der Waals surface area contributed by atoms with Crippen LogP contribution in [-0.2, 0) is 4.79 Å². The monoisotopic (exact) mass is 670 g/mol. The average molecular weight is 670 g/mol. The number of nitrogens with two attached hydrogens (primary N) is 1. The number of aliphatic hydroxyl groups is 7. The quantitative estimate of drug-likeness (QED) is 0.144. The molecule has 0 amide bonds. The minimum absolute atomic E-state index is 0.0863. The van der Waals surface area contributed by atoms with E-state index < -0.39 is 42.5 Å². The van der Waals surface area contributed by atoms with E-state index in [2.05, 4.69) is 69.6 Å². The van der Waals surface area contributed by atoms with Gasteiger partial charge in [0.15, 0.2) is 0 Å². The van der Waals surface area contributed by atoms with E-state index in [9.17, 15) is 30.3 Å². The average Bonchev–Trinajstić information content (AvgIpc) is 2.89. The van der Waals surface area contributed by atoms with Crippen molar-refractivity contribution >= 4 is 5.78 Å². The molecule has 1 fully saturated rings. The Labute approximate surface area is 284 Å². The Morgan fingerprint density at radius 1 is 0.674 bits per heavy atom. The van der Waals surface area contributed by atoms with Crippen molar-refractivity contribution < 1.29 is 45.0 Å². The van der Waals surface area contributed by atoms with E-state index in [1.807, 2.05) is 13.8 Å². The maximum absolute atomic E-state index is 10.6. The van der Waals surface area contributed by atoms with Gasteiger partial charge in [-0.2, -0.15) is 0 Å². The first kappa shape index (κ1) is 52.1. The van der Waals surface area contributed by atoms with Gasteiger partial charge in [-0.05, 0) is 55.8 Å². The van der Waals surface area contributed by atoms with Crippen molar-refractivity contribution in [3.63, 3.8) is 0 Å². The van der Waals surface area contributed by atoms with Crippen LogP contribution in [0.4, 0.5) is 0 Å². The Balaban J connectivity index is -0.000000248. The van der Waals surface area contributed by atoms with Gasteiger partial charge in [-0.3, -0.25) is 4.79 Å². The zero-order valence-electron chi connectivity index (χ0n) is 32.5. The van der Waals surface area contributed by atoms with Crippen LogP contribution < -0.4 is 5.73 Å². The third-order valence-corrected chi connectivity index (χ3v) is 7.40. The van der Waals surface area contributed by atoms with Gasteiger partial charge in [-0.25, -0.2) is 0 Å². The van der Waals surface area contributed by atoms with Crippen molar-refractivity contribution in [1.29, 1.82) is 0 Å². The highest BCUT2D eigenvalue weighted by Gasteiger charge is 2.48. The molecule has 10 heteroatoms. The van der Waals surface area contributed by atoms with E-state index in [-0.39, 0.29) is 24.3 Å². The van der Waals surface area contributed by atoms with Gasteiger partial charge >= 0.3 is 0 Å². The molecule has 1 rings (SSSR count). The molecular weight excluding hydrogens is 588 g/mol. The van der Waals surface area contributed by atoms with Crippen molar-refractivity contribution in [2.24, 2.45) is 41.2 Å². The number of hydrogen-bond donors (Lipinski definition) is 8. The number of quaternary nitrogens is 1. The first-order chi connectivity index (χ1) is 20.8. The van der Waals surface area contributed by atoms with Gasteiger partial charge < -0.3 is 46.0 Å². The lowest BCUT2D eigenvalue weighted by atomic mass is 9.73. The first-order valence-electron chi connectivity index (χ1n) is 17.5. The van der Waals surface area contributed by atoms with Crippen LogP contribution >= 0.6 is 0 Å². The number of aliphatic hydroxyl groups excluding tert-OH is 7. The van der Waals surface area contributed by atoms with Gasteiger partial charge in [0.05, 0.1) is 58.6 Å². The normalized spacial score (nSPS) is 24.2. The predicted molar refractivity (Wildman–Crippen MR) is 191 cm³/mol. The van der Waals surface area contributed by atoms with Crippen LogP contribution in [0.5, 0.6) is 0 Å². The molecule has 0 aliphatic heterocycles. The first-order valence-corrected chi connectivity index (χ1v) is 17.5. The van der Waals surface area contributed by atoms with Gasteiger partial charge in [-0.1, -0.05) is 89.0 Å². The van der Waals surface area contributed by atoms with E-state index in [0.717, 1.165) is 22.7 Å². The number of rotatable bonds is 12. The number of Topliss-reactive ketones (excluding diaryl/α,β-unsaturated/α-hetero) is 1. The standard InChI is InChI=1S/C9H18O5.C8H20N.C7H15NO.C6H14O2.C6H14/c1-3(2)4-5(10)7(12)9(14)8(13)6(4)11;1-8(2)6-7-9(3,4)5;1-5(2)4-7(8)6(3)9;1-5(2)3-6(8)4-7;1-4-5-6(2)3/h3-14H,1-2H3;8H,6-7H2,1-5H3;5,7H,4,8H2,1-3H3;5-8H,3-4H2,1-2H3;6H,4-5H2,1-3H3/q;+1;;;/t;;7-;;/m..0../s1. The highest BCUT2D eigenvalue weighted by Crippen LogP contribution is 2.31. The topological polar surface area (TPSA) is 185 Å². The fourth-order valence-electron chi connectivity index (χ4n) is 4.57. The molecule has 0 aromatic rings. The molecule has 1 aliphatic carbocycles. The molecule has 6 atom stereocenters.